The predicted molar refractivity (Wildman–Crippen MR) is 72.3 cm³/mol. The first-order chi connectivity index (χ1) is 8.52. The van der Waals surface area contributed by atoms with E-state index in [2.05, 4.69) is 0 Å². The van der Waals surface area contributed by atoms with E-state index in [1.54, 1.807) is 32.1 Å². The van der Waals surface area contributed by atoms with Crippen LogP contribution in [0.1, 0.15) is 16.8 Å². The van der Waals surface area contributed by atoms with E-state index in [0.717, 1.165) is 6.21 Å². The first kappa shape index (κ1) is 14.7. The van der Waals surface area contributed by atoms with E-state index in [1.165, 1.54) is 0 Å². The van der Waals surface area contributed by atoms with Gasteiger partial charge in [0.1, 0.15) is 14.0 Å². The number of hydrogen-bond acceptors (Lipinski definition) is 3. The summed E-state index contributed by atoms with van der Waals surface area (Å²) in [6, 6.07) is 6.36. The molecule has 0 bridgehead atoms. The summed E-state index contributed by atoms with van der Waals surface area (Å²) < 4.78 is 17.9. The van der Waals surface area contributed by atoms with E-state index in [1.807, 2.05) is 0 Å². The van der Waals surface area contributed by atoms with Gasteiger partial charge >= 0.3 is 5.97 Å². The van der Waals surface area contributed by atoms with E-state index >= 15 is 0 Å². The molecule has 0 aliphatic carbocycles. The Morgan fingerprint density at radius 3 is 2.67 bits per heavy atom. The minimum Gasteiger partial charge on any atom is -0.463 e. The SMILES string of the molecule is B[C@@H](COC(=O)c1ccc(Cl)cc1)C[C@H](F)C=N. The number of halogens is 2. The fourth-order valence-electron chi connectivity index (χ4n) is 1.41. The number of esters is 1. The predicted octanol–water partition coefficient (Wildman–Crippen LogP) is 2.30. The van der Waals surface area contributed by atoms with Crippen molar-refractivity contribution in [3.05, 3.63) is 34.9 Å². The number of hydrogen-bond donors (Lipinski definition) is 1. The Balaban J connectivity index is 2.41. The van der Waals surface area contributed by atoms with E-state index in [-0.39, 0.29) is 18.8 Å². The molecule has 3 nitrogen and oxygen atoms in total. The first-order valence-corrected chi connectivity index (χ1v) is 5.98. The number of carbonyl (C=O) groups excluding carboxylic acids is 1. The average molecular weight is 270 g/mol. The second-order valence-electron chi connectivity index (χ2n) is 4.13. The van der Waals surface area contributed by atoms with E-state index in [0.29, 0.717) is 10.6 Å². The van der Waals surface area contributed by atoms with Crippen LogP contribution in [0.4, 0.5) is 4.39 Å². The molecule has 0 unspecified atom stereocenters. The van der Waals surface area contributed by atoms with Crippen LogP contribution >= 0.6 is 11.6 Å². The third-order valence-electron chi connectivity index (χ3n) is 2.39. The van der Waals surface area contributed by atoms with Crippen molar-refractivity contribution >= 4 is 31.6 Å². The molecule has 0 fully saturated rings. The lowest BCUT2D eigenvalue weighted by Crippen LogP contribution is -2.14. The molecule has 0 aliphatic heterocycles. The van der Waals surface area contributed by atoms with Crippen molar-refractivity contribution in [1.29, 1.82) is 5.41 Å². The molecule has 1 aromatic rings. The van der Waals surface area contributed by atoms with Crippen molar-refractivity contribution in [3.63, 3.8) is 0 Å². The highest BCUT2D eigenvalue weighted by atomic mass is 35.5. The number of carbonyl (C=O) groups is 1. The molecule has 0 radical (unpaired) electrons. The molecule has 0 amide bonds. The monoisotopic (exact) mass is 269 g/mol. The van der Waals surface area contributed by atoms with Crippen LogP contribution in [-0.2, 0) is 4.74 Å². The van der Waals surface area contributed by atoms with Crippen molar-refractivity contribution < 1.29 is 13.9 Å². The molecule has 0 spiro atoms. The minimum absolute atomic E-state index is 0.127. The Kier molecular flexibility index (Phi) is 5.85. The Morgan fingerprint density at radius 1 is 1.50 bits per heavy atom. The quantitative estimate of drug-likeness (QED) is 0.489. The maximum absolute atomic E-state index is 12.9. The molecule has 0 aromatic heterocycles. The minimum atomic E-state index is -1.28. The number of ether oxygens (including phenoxy) is 1. The van der Waals surface area contributed by atoms with Gasteiger partial charge in [-0.15, -0.1) is 0 Å². The zero-order valence-electron chi connectivity index (χ0n) is 10.0. The molecule has 2 atom stereocenters. The van der Waals surface area contributed by atoms with Crippen LogP contribution in [0.15, 0.2) is 24.3 Å². The summed E-state index contributed by atoms with van der Waals surface area (Å²) >= 11 is 5.70. The fraction of sp³-hybridized carbons (Fsp3) is 0.333. The third kappa shape index (κ3) is 4.88. The first-order valence-electron chi connectivity index (χ1n) is 5.60. The van der Waals surface area contributed by atoms with Gasteiger partial charge in [-0.2, -0.15) is 0 Å². The summed E-state index contributed by atoms with van der Waals surface area (Å²) in [7, 11) is 1.77. The average Bonchev–Trinajstić information content (AvgIpc) is 2.36. The van der Waals surface area contributed by atoms with Crippen LogP contribution in [0.5, 0.6) is 0 Å². The van der Waals surface area contributed by atoms with Gasteiger partial charge in [0.2, 0.25) is 0 Å². The summed E-state index contributed by atoms with van der Waals surface area (Å²) in [6.45, 7) is 0.135. The van der Waals surface area contributed by atoms with E-state index in [4.69, 9.17) is 21.7 Å². The summed E-state index contributed by atoms with van der Waals surface area (Å²) in [6.07, 6.45) is -0.358. The molecule has 6 heteroatoms. The Hall–Kier alpha value is -1.36. The highest BCUT2D eigenvalue weighted by Crippen LogP contribution is 2.14. The van der Waals surface area contributed by atoms with Gasteiger partial charge in [0.25, 0.3) is 0 Å². The van der Waals surface area contributed by atoms with Crippen LogP contribution < -0.4 is 0 Å². The molecule has 1 aromatic carbocycles. The summed E-state index contributed by atoms with van der Waals surface area (Å²) in [5.74, 6) is -0.582. The maximum atomic E-state index is 12.9. The van der Waals surface area contributed by atoms with Gasteiger partial charge in [-0.05, 0) is 36.5 Å². The summed E-state index contributed by atoms with van der Waals surface area (Å²) in [4.78, 5) is 11.6. The van der Waals surface area contributed by atoms with Crippen molar-refractivity contribution in [2.75, 3.05) is 6.61 Å². The molecule has 0 saturated carbocycles. The molecule has 18 heavy (non-hydrogen) atoms. The normalized spacial score (nSPS) is 13.7. The third-order valence-corrected chi connectivity index (χ3v) is 2.64. The lowest BCUT2D eigenvalue weighted by Gasteiger charge is -2.12. The van der Waals surface area contributed by atoms with Crippen LogP contribution in [0.2, 0.25) is 10.8 Å². The molecular formula is C12H14BClFNO2. The highest BCUT2D eigenvalue weighted by molar-refractivity contribution is 6.30. The van der Waals surface area contributed by atoms with Crippen molar-refractivity contribution in [1.82, 2.24) is 0 Å². The van der Waals surface area contributed by atoms with Crippen LogP contribution in [-0.4, -0.2) is 32.8 Å². The number of rotatable bonds is 6. The van der Waals surface area contributed by atoms with Crippen LogP contribution in [0.3, 0.4) is 0 Å². The highest BCUT2D eigenvalue weighted by Gasteiger charge is 2.13. The molecule has 0 saturated heterocycles. The number of benzene rings is 1. The van der Waals surface area contributed by atoms with E-state index < -0.39 is 12.1 Å². The maximum Gasteiger partial charge on any atom is 0.338 e. The zero-order valence-corrected chi connectivity index (χ0v) is 10.8. The number of nitrogens with one attached hydrogen (secondary N) is 1. The van der Waals surface area contributed by atoms with E-state index in [9.17, 15) is 9.18 Å². The molecule has 96 valence electrons. The largest absolute Gasteiger partial charge is 0.463 e. The van der Waals surface area contributed by atoms with Crippen LogP contribution in [0.25, 0.3) is 0 Å². The Morgan fingerprint density at radius 2 is 2.11 bits per heavy atom. The number of alkyl halides is 1. The van der Waals surface area contributed by atoms with Gasteiger partial charge in [0.05, 0.1) is 12.2 Å². The van der Waals surface area contributed by atoms with Gasteiger partial charge in [-0.1, -0.05) is 11.6 Å². The summed E-state index contributed by atoms with van der Waals surface area (Å²) in [5.41, 5.74) is 0.412. The van der Waals surface area contributed by atoms with Crippen molar-refractivity contribution in [2.45, 2.75) is 18.4 Å². The topological polar surface area (TPSA) is 50.2 Å². The molecule has 1 rings (SSSR count). The Labute approximate surface area is 111 Å². The zero-order chi connectivity index (χ0) is 13.5. The van der Waals surface area contributed by atoms with Gasteiger partial charge in [-0.3, -0.25) is 0 Å². The van der Waals surface area contributed by atoms with Crippen molar-refractivity contribution in [3.8, 4) is 0 Å². The summed E-state index contributed by atoms with van der Waals surface area (Å²) in [5, 5.41) is 7.30. The molecule has 0 heterocycles. The van der Waals surface area contributed by atoms with Crippen molar-refractivity contribution in [2.24, 2.45) is 0 Å². The molecule has 1 N–H and O–H groups in total. The van der Waals surface area contributed by atoms with Crippen LogP contribution in [0, 0.1) is 5.41 Å². The van der Waals surface area contributed by atoms with Gasteiger partial charge in [-0.25, -0.2) is 9.18 Å². The Bertz CT molecular complexity index is 413. The van der Waals surface area contributed by atoms with Gasteiger partial charge < -0.3 is 10.1 Å². The van der Waals surface area contributed by atoms with Gasteiger partial charge in [0, 0.05) is 11.2 Å². The standard InChI is InChI=1S/C12H14BClFNO2/c13-9(5-11(15)6-16)7-18-12(17)8-1-3-10(14)4-2-8/h1-4,6,9,11,16H,5,7,13H2/t9-,11+/m1/s1. The van der Waals surface area contributed by atoms with Gasteiger partial charge in [0.15, 0.2) is 0 Å². The lowest BCUT2D eigenvalue weighted by atomic mass is 9.84. The molecule has 0 aliphatic rings. The second-order valence-corrected chi connectivity index (χ2v) is 4.57. The second kappa shape index (κ2) is 7.16. The molecular weight excluding hydrogens is 255 g/mol. The lowest BCUT2D eigenvalue weighted by molar-refractivity contribution is 0.0495. The fourth-order valence-corrected chi connectivity index (χ4v) is 1.53. The smallest absolute Gasteiger partial charge is 0.338 e.